The van der Waals surface area contributed by atoms with E-state index in [0.717, 1.165) is 18.7 Å². The number of esters is 4. The van der Waals surface area contributed by atoms with Crippen LogP contribution in [-0.2, 0) is 62.0 Å². The number of rotatable bonds is 26. The molecule has 2 unspecified atom stereocenters. The zero-order chi connectivity index (χ0) is 69.4. The van der Waals surface area contributed by atoms with Gasteiger partial charge in [-0.2, -0.15) is 0 Å². The van der Waals surface area contributed by atoms with E-state index in [1.54, 1.807) is 80.6 Å². The van der Waals surface area contributed by atoms with Crippen LogP contribution in [0.5, 0.6) is 0 Å². The van der Waals surface area contributed by atoms with Gasteiger partial charge in [0.2, 0.25) is 23.8 Å². The average molecular weight is 1380 g/mol. The van der Waals surface area contributed by atoms with Crippen molar-refractivity contribution >= 4 is 84.2 Å². The number of hydrogen-bond donors (Lipinski definition) is 7. The number of likely N-dealkylation sites (N-methyl/N-ethyl adjacent to an activating group) is 2. The lowest BCUT2D eigenvalue weighted by molar-refractivity contribution is -0.346. The lowest BCUT2D eigenvalue weighted by Crippen LogP contribution is -2.82. The van der Waals surface area contributed by atoms with Gasteiger partial charge in [0.05, 0.1) is 35.6 Å². The predicted molar refractivity (Wildman–Crippen MR) is 356 cm³/mol. The zero-order valence-electron chi connectivity index (χ0n) is 56.5. The molecule has 4 aliphatic rings. The Bertz CT molecular complexity index is 3310. The smallest absolute Gasteiger partial charge is 0.410 e. The topological polar surface area (TPSA) is 361 Å². The molecule has 0 aromatic heterocycles. The molecule has 3 fully saturated rings. The fourth-order valence-corrected chi connectivity index (χ4v) is 13.5. The molecule has 1 saturated heterocycles. The summed E-state index contributed by atoms with van der Waals surface area (Å²) in [5.41, 5.74) is 3.92. The highest BCUT2D eigenvalue weighted by Crippen LogP contribution is 2.64. The Hall–Kier alpha value is -7.52. The molecule has 3 aromatic carbocycles. The molecule has 1 heterocycles. The van der Waals surface area contributed by atoms with Gasteiger partial charge in [-0.25, -0.2) is 14.4 Å². The summed E-state index contributed by atoms with van der Waals surface area (Å²) >= 11 is 0. The van der Waals surface area contributed by atoms with Crippen LogP contribution in [0.3, 0.4) is 0 Å². The largest absolute Gasteiger partial charge is 0.455 e. The average Bonchev–Trinajstić information content (AvgIpc) is 0.670. The fraction of sp³-hybridized carbons (Fsp3) is 0.565. The normalized spacial score (nSPS) is 25.4. The molecule has 25 nitrogen and oxygen atoms in total. The van der Waals surface area contributed by atoms with E-state index in [9.17, 15) is 48.6 Å². The third-order valence-electron chi connectivity index (χ3n) is 19.1. The van der Waals surface area contributed by atoms with Gasteiger partial charge in [0.15, 0.2) is 17.5 Å². The summed E-state index contributed by atoms with van der Waals surface area (Å²) in [4.78, 5) is 146. The van der Waals surface area contributed by atoms with Crippen LogP contribution < -0.4 is 27.4 Å². The van der Waals surface area contributed by atoms with E-state index in [-0.39, 0.29) is 103 Å². The van der Waals surface area contributed by atoms with Crippen molar-refractivity contribution in [2.75, 3.05) is 40.3 Å². The molecule has 7 rings (SSSR count). The van der Waals surface area contributed by atoms with Gasteiger partial charge in [0.25, 0.3) is 5.91 Å². The first kappa shape index (κ1) is 79.2. The van der Waals surface area contributed by atoms with E-state index < -0.39 is 155 Å². The molecule has 3 aromatic rings. The molecule has 3 aliphatic carbocycles. The summed E-state index contributed by atoms with van der Waals surface area (Å²) in [5.74, 6) is -9.34. The quantitative estimate of drug-likeness (QED) is 0.0234. The van der Waals surface area contributed by atoms with Crippen LogP contribution >= 0.6 is 24.8 Å². The number of Topliss-reactive ketones (excluding diaryl/α,β-unsaturated/α-hetero) is 1. The number of carbonyl (C=O) groups excluding carboxylic acids is 10. The standard InChI is InChI=1S/C69H93N7O18.2ClH/c1-38(2)34-47(73-61(83)52(71)39(3)4)60(82)72-46(30-22-23-31-70)62(84)75(11)32-33-76(12)65(87)92-55(53(43-24-16-13-17-25-43)74-59(81)44-26-18-14-19-27-44)64(86)91-48-36-69(88)58(93-63(85)45-28-20-15-21-29-45)56-67(10,49(79)35-50-68(56,37-89-50)94-42(7)78)57(80)54(90-41(6)77)51(40(48)5)66(69,8)9;;/h13-21,24-29,38-39,46-50,52-56,58,79,88H,22-23,30-37,70-71H2,1-12H3,(H,72,82)(H,73,83)(H,74,81);2*1H/t46-,47-,48?,49-,50+,52+,53?,54+,55+,56-,58-,67+,68-,69+;;/m0../s1. The van der Waals surface area contributed by atoms with Crippen molar-refractivity contribution in [3.63, 3.8) is 0 Å². The first-order valence-corrected chi connectivity index (χ1v) is 32.0. The molecule has 528 valence electrons. The van der Waals surface area contributed by atoms with Gasteiger partial charge in [-0.1, -0.05) is 108 Å². The zero-order valence-corrected chi connectivity index (χ0v) is 58.2. The van der Waals surface area contributed by atoms with Crippen molar-refractivity contribution in [1.82, 2.24) is 25.8 Å². The van der Waals surface area contributed by atoms with Gasteiger partial charge in [0, 0.05) is 64.9 Å². The van der Waals surface area contributed by atoms with Crippen LogP contribution in [0.2, 0.25) is 0 Å². The third-order valence-corrected chi connectivity index (χ3v) is 19.1. The van der Waals surface area contributed by atoms with E-state index in [0.29, 0.717) is 19.4 Å². The van der Waals surface area contributed by atoms with Gasteiger partial charge in [0.1, 0.15) is 42.0 Å². The number of fused-ring (bicyclic) bond motifs is 5. The fourth-order valence-electron chi connectivity index (χ4n) is 13.5. The number of aliphatic hydroxyl groups excluding tert-OH is 1. The molecule has 9 N–H and O–H groups in total. The summed E-state index contributed by atoms with van der Waals surface area (Å²) in [7, 11) is 2.81. The van der Waals surface area contributed by atoms with Crippen molar-refractivity contribution in [3.05, 3.63) is 119 Å². The number of unbranched alkanes of at least 4 members (excludes halogenated alkanes) is 1. The lowest BCUT2D eigenvalue weighted by Gasteiger charge is -2.67. The van der Waals surface area contributed by atoms with Gasteiger partial charge >= 0.3 is 30.0 Å². The third kappa shape index (κ3) is 16.9. The number of carbonyl (C=O) groups is 10. The van der Waals surface area contributed by atoms with Crippen molar-refractivity contribution < 1.29 is 86.6 Å². The monoisotopic (exact) mass is 1380 g/mol. The SMILES string of the molecule is CC(=O)O[C@H]1C(=O)[C@@]2(C)[C@H]([C@H](OC(=O)c3ccccc3)[C@]3(O)CC(OC(=O)[C@H](OC(=O)N(C)CCN(C)C(=O)[C@H](CCCCN)NC(=O)[C@H](CC(C)C)NC(=O)[C@H](N)C(C)C)C(NC(=O)c4ccccc4)c4ccccc4)C(C)=C1C3(C)C)[C@]1(OC(C)=O)CO[C@@H]1C[C@@H]2O.Cl.Cl. The van der Waals surface area contributed by atoms with Gasteiger partial charge in [-0.15, -0.1) is 24.8 Å². The van der Waals surface area contributed by atoms with Crippen molar-refractivity contribution in [2.24, 2.45) is 40.1 Å². The molecule has 2 saturated carbocycles. The van der Waals surface area contributed by atoms with Crippen molar-refractivity contribution in [3.8, 4) is 0 Å². The van der Waals surface area contributed by atoms with E-state index in [4.69, 9.17) is 39.9 Å². The lowest BCUT2D eigenvalue weighted by atomic mass is 9.44. The molecular weight excluding hydrogens is 1290 g/mol. The summed E-state index contributed by atoms with van der Waals surface area (Å²) < 4.78 is 37.4. The van der Waals surface area contributed by atoms with E-state index in [1.807, 2.05) is 13.8 Å². The number of halogens is 2. The second kappa shape index (κ2) is 33.2. The number of benzene rings is 3. The molecule has 96 heavy (non-hydrogen) atoms. The predicted octanol–water partition coefficient (Wildman–Crippen LogP) is 5.24. The molecule has 0 spiro atoms. The highest BCUT2D eigenvalue weighted by molar-refractivity contribution is 5.97. The Morgan fingerprint density at radius 1 is 0.750 bits per heavy atom. The van der Waals surface area contributed by atoms with Gasteiger partial charge < -0.3 is 75.9 Å². The number of nitrogens with one attached hydrogen (secondary N) is 3. The van der Waals surface area contributed by atoms with Gasteiger partial charge in [-0.05, 0) is 98.9 Å². The Morgan fingerprint density at radius 2 is 1.32 bits per heavy atom. The minimum atomic E-state index is -2.55. The number of ketones is 1. The Morgan fingerprint density at radius 3 is 1.86 bits per heavy atom. The molecule has 14 atom stereocenters. The molecule has 1 aliphatic heterocycles. The van der Waals surface area contributed by atoms with Crippen molar-refractivity contribution in [1.29, 1.82) is 0 Å². The molecule has 0 radical (unpaired) electrons. The Balaban J connectivity index is 0.00000833. The van der Waals surface area contributed by atoms with Crippen molar-refractivity contribution in [2.45, 2.75) is 180 Å². The van der Waals surface area contributed by atoms with Crippen LogP contribution in [0.4, 0.5) is 4.79 Å². The highest BCUT2D eigenvalue weighted by atomic mass is 35.5. The second-order valence-electron chi connectivity index (χ2n) is 26.7. The molecule has 2 bridgehead atoms. The Labute approximate surface area is 572 Å². The van der Waals surface area contributed by atoms with E-state index in [1.165, 1.54) is 71.0 Å². The van der Waals surface area contributed by atoms with E-state index >= 15 is 9.59 Å². The number of amides is 5. The maximum atomic E-state index is 16.0. The minimum absolute atomic E-state index is 0. The summed E-state index contributed by atoms with van der Waals surface area (Å²) in [6.07, 6.45) is -11.2. The molecule has 5 amide bonds. The maximum absolute atomic E-state index is 16.0. The second-order valence-corrected chi connectivity index (χ2v) is 26.7. The Kier molecular flexibility index (Phi) is 27.3. The first-order chi connectivity index (χ1) is 44.2. The van der Waals surface area contributed by atoms with Crippen LogP contribution in [0.25, 0.3) is 0 Å². The number of hydrogen-bond acceptors (Lipinski definition) is 20. The van der Waals surface area contributed by atoms with Gasteiger partial charge in [-0.3, -0.25) is 33.6 Å². The first-order valence-electron chi connectivity index (χ1n) is 32.0. The number of nitrogens with zero attached hydrogens (tertiary/aromatic N) is 2. The van der Waals surface area contributed by atoms with Crippen LogP contribution in [0, 0.1) is 28.6 Å². The number of ether oxygens (including phenoxy) is 6. The summed E-state index contributed by atoms with van der Waals surface area (Å²) in [5, 5.41) is 35.0. The number of nitrogens with two attached hydrogens (primary N) is 2. The maximum Gasteiger partial charge on any atom is 0.410 e. The molecular formula is C69H95Cl2N7O18. The summed E-state index contributed by atoms with van der Waals surface area (Å²) in [6.45, 7) is 14.9. The minimum Gasteiger partial charge on any atom is -0.455 e. The summed E-state index contributed by atoms with van der Waals surface area (Å²) in [6, 6.07) is 19.2. The highest BCUT2D eigenvalue weighted by Gasteiger charge is 2.78. The van der Waals surface area contributed by atoms with E-state index in [2.05, 4.69) is 16.0 Å². The van der Waals surface area contributed by atoms with Crippen LogP contribution in [0.1, 0.15) is 140 Å². The molecule has 27 heteroatoms. The number of aliphatic hydroxyl groups is 2. The van der Waals surface area contributed by atoms with Crippen LogP contribution in [-0.4, -0.2) is 186 Å². The van der Waals surface area contributed by atoms with Crippen LogP contribution in [0.15, 0.2) is 102 Å².